The van der Waals surface area contributed by atoms with Crippen LogP contribution in [0.25, 0.3) is 0 Å². The Kier molecular flexibility index (Phi) is 4.92. The fourth-order valence-corrected chi connectivity index (χ4v) is 2.07. The first-order valence-electron chi connectivity index (χ1n) is 6.96. The highest BCUT2D eigenvalue weighted by molar-refractivity contribution is 5.95. The first-order valence-corrected chi connectivity index (χ1v) is 6.96. The van der Waals surface area contributed by atoms with Gasteiger partial charge in [-0.15, -0.1) is 0 Å². The van der Waals surface area contributed by atoms with Gasteiger partial charge in [-0.3, -0.25) is 9.59 Å². The fourth-order valence-electron chi connectivity index (χ4n) is 2.07. The monoisotopic (exact) mass is 276 g/mol. The largest absolute Gasteiger partial charge is 0.370 e. The summed E-state index contributed by atoms with van der Waals surface area (Å²) in [5, 5.41) is 5.93. The molecule has 6 heteroatoms. The summed E-state index contributed by atoms with van der Waals surface area (Å²) in [4.78, 5) is 29.6. The maximum atomic E-state index is 12.4. The van der Waals surface area contributed by atoms with Crippen molar-refractivity contribution in [1.29, 1.82) is 0 Å². The highest BCUT2D eigenvalue weighted by atomic mass is 16.2. The molecule has 0 atom stereocenters. The van der Waals surface area contributed by atoms with Crippen LogP contribution in [0, 0.1) is 0 Å². The number of carbonyl (C=O) groups is 2. The minimum Gasteiger partial charge on any atom is -0.370 e. The van der Waals surface area contributed by atoms with Gasteiger partial charge in [0.25, 0.3) is 5.91 Å². The molecule has 0 aromatic carbocycles. The van der Waals surface area contributed by atoms with Gasteiger partial charge in [0, 0.05) is 44.4 Å². The molecule has 0 saturated carbocycles. The molecule has 0 unspecified atom stereocenters. The van der Waals surface area contributed by atoms with Crippen molar-refractivity contribution >= 4 is 17.6 Å². The van der Waals surface area contributed by atoms with E-state index in [2.05, 4.69) is 22.5 Å². The lowest BCUT2D eigenvalue weighted by Crippen LogP contribution is -2.34. The molecule has 2 amide bonds. The first-order chi connectivity index (χ1) is 9.70. The summed E-state index contributed by atoms with van der Waals surface area (Å²) < 4.78 is 0. The Morgan fingerprint density at radius 3 is 3.15 bits per heavy atom. The van der Waals surface area contributed by atoms with Crippen molar-refractivity contribution in [3.05, 3.63) is 23.9 Å². The third-order valence-electron chi connectivity index (χ3n) is 3.16. The van der Waals surface area contributed by atoms with Crippen LogP contribution < -0.4 is 10.6 Å². The number of anilines is 1. The average Bonchev–Trinajstić information content (AvgIpc) is 2.69. The molecule has 0 bridgehead atoms. The van der Waals surface area contributed by atoms with Crippen LogP contribution in [-0.2, 0) is 4.79 Å². The molecule has 2 rings (SSSR count). The van der Waals surface area contributed by atoms with Gasteiger partial charge >= 0.3 is 0 Å². The smallest absolute Gasteiger partial charge is 0.254 e. The SMILES string of the molecule is CCCNc1cc(C(=O)N2CCNC(=O)CC2)ccn1. The van der Waals surface area contributed by atoms with Crippen LogP contribution >= 0.6 is 0 Å². The predicted octanol–water partition coefficient (Wildman–Crippen LogP) is 0.866. The van der Waals surface area contributed by atoms with E-state index in [-0.39, 0.29) is 11.8 Å². The lowest BCUT2D eigenvalue weighted by molar-refractivity contribution is -0.120. The molecule has 20 heavy (non-hydrogen) atoms. The van der Waals surface area contributed by atoms with Gasteiger partial charge in [-0.1, -0.05) is 6.92 Å². The van der Waals surface area contributed by atoms with E-state index in [4.69, 9.17) is 0 Å². The highest BCUT2D eigenvalue weighted by Gasteiger charge is 2.19. The van der Waals surface area contributed by atoms with Crippen molar-refractivity contribution in [3.63, 3.8) is 0 Å². The van der Waals surface area contributed by atoms with Crippen LogP contribution in [-0.4, -0.2) is 47.9 Å². The maximum absolute atomic E-state index is 12.4. The second-order valence-electron chi connectivity index (χ2n) is 4.75. The molecule has 0 aliphatic carbocycles. The summed E-state index contributed by atoms with van der Waals surface area (Å²) in [7, 11) is 0. The standard InChI is InChI=1S/C14H20N4O2/c1-2-5-15-12-10-11(3-6-16-12)14(20)18-8-4-13(19)17-7-9-18/h3,6,10H,2,4-5,7-9H2,1H3,(H,15,16)(H,17,19). The normalized spacial score (nSPS) is 15.4. The Morgan fingerprint density at radius 2 is 2.35 bits per heavy atom. The van der Waals surface area contributed by atoms with Crippen molar-refractivity contribution in [2.75, 3.05) is 31.5 Å². The topological polar surface area (TPSA) is 74.3 Å². The zero-order valence-electron chi connectivity index (χ0n) is 11.7. The van der Waals surface area contributed by atoms with Crippen LogP contribution in [0.15, 0.2) is 18.3 Å². The second-order valence-corrected chi connectivity index (χ2v) is 4.75. The van der Waals surface area contributed by atoms with Gasteiger partial charge in [0.2, 0.25) is 5.91 Å². The molecule has 0 radical (unpaired) electrons. The van der Waals surface area contributed by atoms with Crippen molar-refractivity contribution in [2.45, 2.75) is 19.8 Å². The van der Waals surface area contributed by atoms with Gasteiger partial charge in [-0.25, -0.2) is 4.98 Å². The second kappa shape index (κ2) is 6.88. The van der Waals surface area contributed by atoms with Gasteiger partial charge in [-0.05, 0) is 18.6 Å². The molecule has 1 fully saturated rings. The van der Waals surface area contributed by atoms with Crippen LogP contribution in [0.1, 0.15) is 30.1 Å². The molecule has 1 saturated heterocycles. The number of hydrogen-bond donors (Lipinski definition) is 2. The third kappa shape index (κ3) is 3.69. The number of nitrogens with one attached hydrogen (secondary N) is 2. The minimum atomic E-state index is -0.0524. The highest BCUT2D eigenvalue weighted by Crippen LogP contribution is 2.11. The minimum absolute atomic E-state index is 0.000305. The average molecular weight is 276 g/mol. The summed E-state index contributed by atoms with van der Waals surface area (Å²) in [5.74, 6) is 0.658. The number of hydrogen-bond acceptors (Lipinski definition) is 4. The zero-order chi connectivity index (χ0) is 14.4. The van der Waals surface area contributed by atoms with Crippen LogP contribution in [0.4, 0.5) is 5.82 Å². The lowest BCUT2D eigenvalue weighted by atomic mass is 10.2. The van der Waals surface area contributed by atoms with E-state index in [1.165, 1.54) is 0 Å². The summed E-state index contributed by atoms with van der Waals surface area (Å²) in [6.45, 7) is 4.42. The molecule has 6 nitrogen and oxygen atoms in total. The molecule has 1 aliphatic heterocycles. The van der Waals surface area contributed by atoms with E-state index >= 15 is 0 Å². The van der Waals surface area contributed by atoms with Crippen LogP contribution in [0.3, 0.4) is 0 Å². The Labute approximate surface area is 118 Å². The predicted molar refractivity (Wildman–Crippen MR) is 76.5 cm³/mol. The number of rotatable bonds is 4. The molecular weight excluding hydrogens is 256 g/mol. The molecule has 2 heterocycles. The Bertz CT molecular complexity index is 490. The molecule has 108 valence electrons. The maximum Gasteiger partial charge on any atom is 0.254 e. The zero-order valence-corrected chi connectivity index (χ0v) is 11.7. The molecule has 1 aliphatic rings. The van der Waals surface area contributed by atoms with Gasteiger partial charge in [0.05, 0.1) is 0 Å². The van der Waals surface area contributed by atoms with Crippen molar-refractivity contribution in [2.24, 2.45) is 0 Å². The summed E-state index contributed by atoms with van der Waals surface area (Å²) in [6.07, 6.45) is 2.99. The molecule has 1 aromatic rings. The Hall–Kier alpha value is -2.11. The van der Waals surface area contributed by atoms with E-state index in [1.807, 2.05) is 0 Å². The van der Waals surface area contributed by atoms with Gasteiger partial charge < -0.3 is 15.5 Å². The number of nitrogens with zero attached hydrogens (tertiary/aromatic N) is 2. The van der Waals surface area contributed by atoms with Gasteiger partial charge in [0.1, 0.15) is 5.82 Å². The van der Waals surface area contributed by atoms with E-state index in [1.54, 1.807) is 23.2 Å². The number of amides is 2. The van der Waals surface area contributed by atoms with Crippen LogP contribution in [0.5, 0.6) is 0 Å². The summed E-state index contributed by atoms with van der Waals surface area (Å²) in [5.41, 5.74) is 0.605. The van der Waals surface area contributed by atoms with Crippen LogP contribution in [0.2, 0.25) is 0 Å². The fraction of sp³-hybridized carbons (Fsp3) is 0.500. The molecule has 0 spiro atoms. The summed E-state index contributed by atoms with van der Waals surface area (Å²) >= 11 is 0. The number of carbonyl (C=O) groups excluding carboxylic acids is 2. The lowest BCUT2D eigenvalue weighted by Gasteiger charge is -2.19. The molecule has 1 aromatic heterocycles. The van der Waals surface area contributed by atoms with Gasteiger partial charge in [-0.2, -0.15) is 0 Å². The van der Waals surface area contributed by atoms with Crippen molar-refractivity contribution in [3.8, 4) is 0 Å². The molecular formula is C14H20N4O2. The van der Waals surface area contributed by atoms with E-state index in [9.17, 15) is 9.59 Å². The van der Waals surface area contributed by atoms with E-state index in [0.717, 1.165) is 13.0 Å². The number of pyridine rings is 1. The van der Waals surface area contributed by atoms with Crippen molar-refractivity contribution in [1.82, 2.24) is 15.2 Å². The molecule has 2 N–H and O–H groups in total. The first kappa shape index (κ1) is 14.3. The van der Waals surface area contributed by atoms with E-state index < -0.39 is 0 Å². The number of aromatic nitrogens is 1. The van der Waals surface area contributed by atoms with Crippen molar-refractivity contribution < 1.29 is 9.59 Å². The summed E-state index contributed by atoms with van der Waals surface area (Å²) in [6, 6.07) is 3.47. The Morgan fingerprint density at radius 1 is 1.50 bits per heavy atom. The Balaban J connectivity index is 2.06. The van der Waals surface area contributed by atoms with Gasteiger partial charge in [0.15, 0.2) is 0 Å². The quantitative estimate of drug-likeness (QED) is 0.855. The van der Waals surface area contributed by atoms with E-state index in [0.29, 0.717) is 37.4 Å². The third-order valence-corrected chi connectivity index (χ3v) is 3.16.